The number of non-ortho nitro benzene ring substituents is 1. The predicted molar refractivity (Wildman–Crippen MR) is 98.2 cm³/mol. The van der Waals surface area contributed by atoms with Gasteiger partial charge in [0.1, 0.15) is 6.54 Å². The van der Waals surface area contributed by atoms with Gasteiger partial charge in [-0.1, -0.05) is 13.3 Å². The summed E-state index contributed by atoms with van der Waals surface area (Å²) in [6.07, 6.45) is 1.26. The van der Waals surface area contributed by atoms with E-state index in [1.165, 1.54) is 6.07 Å². The molecule has 11 nitrogen and oxygen atoms in total. The Labute approximate surface area is 161 Å². The van der Waals surface area contributed by atoms with E-state index in [1.54, 1.807) is 0 Å². The Morgan fingerprint density at radius 2 is 1.86 bits per heavy atom. The topological polar surface area (TPSA) is 156 Å². The number of imide groups is 1. The summed E-state index contributed by atoms with van der Waals surface area (Å²) in [6.45, 7) is 1.26. The maximum Gasteiger partial charge on any atom is 0.270 e. The number of fused-ring (bicyclic) bond motifs is 1. The minimum atomic E-state index is -3.40. The van der Waals surface area contributed by atoms with Crippen molar-refractivity contribution in [2.24, 2.45) is 0 Å². The first-order valence-corrected chi connectivity index (χ1v) is 10.2. The van der Waals surface area contributed by atoms with Crippen molar-refractivity contribution in [1.29, 1.82) is 0 Å². The molecule has 0 atom stereocenters. The van der Waals surface area contributed by atoms with Crippen LogP contribution in [0.1, 0.15) is 40.5 Å². The van der Waals surface area contributed by atoms with Crippen LogP contribution in [0.5, 0.6) is 0 Å². The Kier molecular flexibility index (Phi) is 6.80. The number of nitrogens with zero attached hydrogens (tertiary/aromatic N) is 2. The number of amides is 3. The van der Waals surface area contributed by atoms with E-state index in [9.17, 15) is 32.9 Å². The van der Waals surface area contributed by atoms with Crippen molar-refractivity contribution in [3.63, 3.8) is 0 Å². The summed E-state index contributed by atoms with van der Waals surface area (Å²) >= 11 is 0. The summed E-state index contributed by atoms with van der Waals surface area (Å²) in [7, 11) is -3.40. The van der Waals surface area contributed by atoms with Gasteiger partial charge < -0.3 is 5.32 Å². The summed E-state index contributed by atoms with van der Waals surface area (Å²) in [6, 6.07) is 3.29. The van der Waals surface area contributed by atoms with Gasteiger partial charge >= 0.3 is 0 Å². The standard InChI is InChI=1S/C16H20N4O7S/c1-2-3-8-28(26,27)18-7-6-17-14(21)10-19-15(22)12-5-4-11(20(24)25)9-13(12)16(19)23/h4-5,9,18H,2-3,6-8,10H2,1H3,(H,17,21). The van der Waals surface area contributed by atoms with Crippen LogP contribution in [0.2, 0.25) is 0 Å². The SMILES string of the molecule is CCCCS(=O)(=O)NCCNC(=O)CN1C(=O)c2ccc([N+](=O)[O-])cc2C1=O. The lowest BCUT2D eigenvalue weighted by atomic mass is 10.1. The van der Waals surface area contributed by atoms with Crippen LogP contribution in [0.15, 0.2) is 18.2 Å². The molecule has 12 heteroatoms. The summed E-state index contributed by atoms with van der Waals surface area (Å²) < 4.78 is 25.6. The lowest BCUT2D eigenvalue weighted by Gasteiger charge is -2.13. The lowest BCUT2D eigenvalue weighted by molar-refractivity contribution is -0.384. The van der Waals surface area contributed by atoms with Crippen molar-refractivity contribution in [3.8, 4) is 0 Å². The first-order valence-electron chi connectivity index (χ1n) is 8.55. The van der Waals surface area contributed by atoms with Gasteiger partial charge in [0.15, 0.2) is 0 Å². The Hall–Kier alpha value is -2.86. The monoisotopic (exact) mass is 412 g/mol. The van der Waals surface area contributed by atoms with Crippen LogP contribution in [-0.2, 0) is 14.8 Å². The van der Waals surface area contributed by atoms with Gasteiger partial charge in [-0.25, -0.2) is 13.1 Å². The van der Waals surface area contributed by atoms with E-state index < -0.39 is 39.2 Å². The number of sulfonamides is 1. The molecule has 0 spiro atoms. The van der Waals surface area contributed by atoms with Crippen LogP contribution in [0, 0.1) is 10.1 Å². The zero-order valence-corrected chi connectivity index (χ0v) is 16.0. The van der Waals surface area contributed by atoms with Crippen LogP contribution in [0.4, 0.5) is 5.69 Å². The molecule has 28 heavy (non-hydrogen) atoms. The number of hydrogen-bond donors (Lipinski definition) is 2. The van der Waals surface area contributed by atoms with E-state index in [0.717, 1.165) is 18.6 Å². The number of carbonyl (C=O) groups excluding carboxylic acids is 3. The molecule has 0 bridgehead atoms. The maximum absolute atomic E-state index is 12.3. The first-order chi connectivity index (χ1) is 13.2. The molecule has 1 aliphatic heterocycles. The van der Waals surface area contributed by atoms with Crippen molar-refractivity contribution in [2.75, 3.05) is 25.4 Å². The predicted octanol–water partition coefficient (Wildman–Crippen LogP) is 0.0265. The number of rotatable bonds is 10. The van der Waals surface area contributed by atoms with Gasteiger partial charge in [-0.3, -0.25) is 29.4 Å². The largest absolute Gasteiger partial charge is 0.353 e. The molecule has 152 valence electrons. The number of nitro groups is 1. The van der Waals surface area contributed by atoms with Crippen LogP contribution >= 0.6 is 0 Å². The maximum atomic E-state index is 12.3. The molecule has 0 fully saturated rings. The minimum absolute atomic E-state index is 0.00137. The van der Waals surface area contributed by atoms with Crippen LogP contribution < -0.4 is 10.0 Å². The molecule has 1 aromatic carbocycles. The smallest absolute Gasteiger partial charge is 0.270 e. The van der Waals surface area contributed by atoms with Gasteiger partial charge in [0, 0.05) is 25.2 Å². The molecule has 2 rings (SSSR count). The zero-order valence-electron chi connectivity index (χ0n) is 15.1. The first kappa shape index (κ1) is 21.4. The lowest BCUT2D eigenvalue weighted by Crippen LogP contribution is -2.42. The fourth-order valence-electron chi connectivity index (χ4n) is 2.55. The van der Waals surface area contributed by atoms with Gasteiger partial charge in [-0.05, 0) is 12.5 Å². The molecular weight excluding hydrogens is 392 g/mol. The van der Waals surface area contributed by atoms with Crippen molar-refractivity contribution >= 4 is 33.4 Å². The van der Waals surface area contributed by atoms with E-state index in [0.29, 0.717) is 11.3 Å². The van der Waals surface area contributed by atoms with Crippen LogP contribution in [0.25, 0.3) is 0 Å². The molecule has 1 aliphatic rings. The molecule has 2 N–H and O–H groups in total. The molecule has 1 aromatic rings. The molecule has 1 heterocycles. The van der Waals surface area contributed by atoms with Gasteiger partial charge in [0.05, 0.1) is 21.8 Å². The van der Waals surface area contributed by atoms with Crippen molar-refractivity contribution in [3.05, 3.63) is 39.4 Å². The second-order valence-electron chi connectivity index (χ2n) is 6.10. The highest BCUT2D eigenvalue weighted by Gasteiger charge is 2.37. The summed E-state index contributed by atoms with van der Waals surface area (Å²) in [4.78, 5) is 47.3. The fraction of sp³-hybridized carbons (Fsp3) is 0.438. The molecular formula is C16H20N4O7S. The van der Waals surface area contributed by atoms with Crippen LogP contribution in [-0.4, -0.2) is 61.3 Å². The summed E-state index contributed by atoms with van der Waals surface area (Å²) in [5, 5.41) is 13.2. The number of hydrogen-bond acceptors (Lipinski definition) is 7. The average Bonchev–Trinajstić information content (AvgIpc) is 2.88. The Morgan fingerprint density at radius 1 is 1.18 bits per heavy atom. The highest BCUT2D eigenvalue weighted by atomic mass is 32.2. The van der Waals surface area contributed by atoms with Gasteiger partial charge in [-0.15, -0.1) is 0 Å². The van der Waals surface area contributed by atoms with Gasteiger partial charge in [0.25, 0.3) is 17.5 Å². The number of unbranched alkanes of at least 4 members (excludes halogenated alkanes) is 1. The molecule has 0 aromatic heterocycles. The third-order valence-corrected chi connectivity index (χ3v) is 5.47. The Morgan fingerprint density at radius 3 is 2.50 bits per heavy atom. The second kappa shape index (κ2) is 8.89. The van der Waals surface area contributed by atoms with E-state index >= 15 is 0 Å². The molecule has 0 aliphatic carbocycles. The summed E-state index contributed by atoms with van der Waals surface area (Å²) in [5.41, 5.74) is -0.468. The highest BCUT2D eigenvalue weighted by Crippen LogP contribution is 2.26. The Balaban J connectivity index is 1.88. The van der Waals surface area contributed by atoms with Crippen molar-refractivity contribution in [2.45, 2.75) is 19.8 Å². The molecule has 0 radical (unpaired) electrons. The van der Waals surface area contributed by atoms with Gasteiger partial charge in [0.2, 0.25) is 15.9 Å². The number of benzene rings is 1. The minimum Gasteiger partial charge on any atom is -0.353 e. The van der Waals surface area contributed by atoms with E-state index in [1.807, 2.05) is 6.92 Å². The highest BCUT2D eigenvalue weighted by molar-refractivity contribution is 7.89. The van der Waals surface area contributed by atoms with E-state index in [-0.39, 0.29) is 35.7 Å². The van der Waals surface area contributed by atoms with Gasteiger partial charge in [-0.2, -0.15) is 0 Å². The molecule has 3 amide bonds. The zero-order chi connectivity index (χ0) is 20.9. The third-order valence-electron chi connectivity index (χ3n) is 4.00. The Bertz CT molecular complexity index is 914. The fourth-order valence-corrected chi connectivity index (χ4v) is 3.78. The molecule has 0 unspecified atom stereocenters. The average molecular weight is 412 g/mol. The molecule has 0 saturated carbocycles. The van der Waals surface area contributed by atoms with E-state index in [4.69, 9.17) is 0 Å². The number of carbonyl (C=O) groups is 3. The number of nitro benzene ring substituents is 1. The van der Waals surface area contributed by atoms with Crippen molar-refractivity contribution < 1.29 is 27.7 Å². The second-order valence-corrected chi connectivity index (χ2v) is 8.03. The quantitative estimate of drug-likeness (QED) is 0.237. The third kappa shape index (κ3) is 5.10. The van der Waals surface area contributed by atoms with Crippen molar-refractivity contribution in [1.82, 2.24) is 14.9 Å². The molecule has 0 saturated heterocycles. The normalized spacial score (nSPS) is 13.5. The van der Waals surface area contributed by atoms with E-state index in [2.05, 4.69) is 10.0 Å². The summed E-state index contributed by atoms with van der Waals surface area (Å²) in [5.74, 6) is -2.17. The number of nitrogens with one attached hydrogen (secondary N) is 2. The van der Waals surface area contributed by atoms with Crippen LogP contribution in [0.3, 0.4) is 0 Å².